The second kappa shape index (κ2) is 6.49. The van der Waals surface area contributed by atoms with Crippen LogP contribution < -0.4 is 5.32 Å². The maximum Gasteiger partial charge on any atom is 0.0705 e. The molecule has 2 rings (SSSR count). The number of H-pyrrole nitrogens is 1. The smallest absolute Gasteiger partial charge is 0.0705 e. The Bertz CT molecular complexity index is 551. The first-order valence-electron chi connectivity index (χ1n) is 6.22. The molecule has 0 spiro atoms. The molecule has 0 bridgehead atoms. The second-order valence-electron chi connectivity index (χ2n) is 4.30. The zero-order valence-electron chi connectivity index (χ0n) is 10.3. The molecule has 0 saturated heterocycles. The van der Waals surface area contributed by atoms with Crippen molar-refractivity contribution in [1.29, 1.82) is 0 Å². The average Bonchev–Trinajstić information content (AvgIpc) is 2.71. The number of terminal acetylenes is 1. The third-order valence-corrected chi connectivity index (χ3v) is 3.37. The van der Waals surface area contributed by atoms with Gasteiger partial charge in [0.2, 0.25) is 0 Å². The van der Waals surface area contributed by atoms with E-state index in [1.807, 2.05) is 24.3 Å². The molecule has 0 amide bonds. The van der Waals surface area contributed by atoms with Crippen LogP contribution in [0.5, 0.6) is 0 Å². The number of unbranched alkanes of at least 4 members (excludes halogenated alkanes) is 2. The normalized spacial score (nSPS) is 10.7. The molecule has 1 aromatic carbocycles. The Morgan fingerprint density at radius 3 is 2.89 bits per heavy atom. The van der Waals surface area contributed by atoms with Crippen LogP contribution in [0.2, 0.25) is 5.02 Å². The summed E-state index contributed by atoms with van der Waals surface area (Å²) in [5, 5.41) is 5.29. The number of aromatic nitrogens is 1. The van der Waals surface area contributed by atoms with Crippen molar-refractivity contribution < 1.29 is 0 Å². The van der Waals surface area contributed by atoms with Gasteiger partial charge in [-0.25, -0.2) is 0 Å². The quantitative estimate of drug-likeness (QED) is 0.601. The molecule has 0 aliphatic carbocycles. The van der Waals surface area contributed by atoms with E-state index in [1.54, 1.807) is 0 Å². The van der Waals surface area contributed by atoms with Gasteiger partial charge in [0.1, 0.15) is 0 Å². The Labute approximate surface area is 113 Å². The minimum Gasteiger partial charge on any atom is -0.356 e. The maximum atomic E-state index is 6.32. The first-order chi connectivity index (χ1) is 8.83. The van der Waals surface area contributed by atoms with Gasteiger partial charge in [0.25, 0.3) is 0 Å². The number of fused-ring (bicyclic) bond motifs is 1. The van der Waals surface area contributed by atoms with Gasteiger partial charge in [-0.05, 0) is 25.5 Å². The van der Waals surface area contributed by atoms with Gasteiger partial charge in [0.05, 0.1) is 5.02 Å². The highest BCUT2D eigenvalue weighted by molar-refractivity contribution is 6.36. The van der Waals surface area contributed by atoms with Gasteiger partial charge in [-0.15, -0.1) is 12.3 Å². The van der Waals surface area contributed by atoms with Gasteiger partial charge in [0.15, 0.2) is 0 Å². The van der Waals surface area contributed by atoms with Crippen LogP contribution in [-0.4, -0.2) is 11.5 Å². The third-order valence-electron chi connectivity index (χ3n) is 2.94. The zero-order chi connectivity index (χ0) is 12.8. The van der Waals surface area contributed by atoms with Gasteiger partial charge in [-0.1, -0.05) is 29.8 Å². The van der Waals surface area contributed by atoms with Crippen molar-refractivity contribution in [3.8, 4) is 12.3 Å². The minimum atomic E-state index is 0.767. The molecule has 2 nitrogen and oxygen atoms in total. The standard InChI is InChI=1S/C15H17ClN2/c1-2-3-4-7-10-17-11-14-15(16)12-8-5-6-9-13(12)18-14/h1,5-6,8-9,17-18H,3-4,7,10-11H2. The van der Waals surface area contributed by atoms with Crippen LogP contribution >= 0.6 is 11.6 Å². The van der Waals surface area contributed by atoms with Crippen LogP contribution in [0.15, 0.2) is 24.3 Å². The number of hydrogen-bond acceptors (Lipinski definition) is 1. The van der Waals surface area contributed by atoms with E-state index in [0.29, 0.717) is 0 Å². The topological polar surface area (TPSA) is 27.8 Å². The molecule has 1 aromatic heterocycles. The number of rotatable bonds is 6. The van der Waals surface area contributed by atoms with E-state index in [4.69, 9.17) is 18.0 Å². The van der Waals surface area contributed by atoms with E-state index in [-0.39, 0.29) is 0 Å². The van der Waals surface area contributed by atoms with Crippen LogP contribution in [0.25, 0.3) is 10.9 Å². The summed E-state index contributed by atoms with van der Waals surface area (Å²) in [6.07, 6.45) is 8.23. The fraction of sp³-hybridized carbons (Fsp3) is 0.333. The molecule has 3 heteroatoms. The first-order valence-corrected chi connectivity index (χ1v) is 6.60. The summed E-state index contributed by atoms with van der Waals surface area (Å²) in [5.74, 6) is 2.65. The SMILES string of the molecule is C#CCCCCNCc1[nH]c2ccccc2c1Cl. The van der Waals surface area contributed by atoms with E-state index in [0.717, 1.165) is 54.0 Å². The zero-order valence-corrected chi connectivity index (χ0v) is 11.1. The lowest BCUT2D eigenvalue weighted by molar-refractivity contribution is 0.625. The van der Waals surface area contributed by atoms with Gasteiger partial charge in [-0.3, -0.25) is 0 Å². The summed E-state index contributed by atoms with van der Waals surface area (Å²) in [5.41, 5.74) is 2.14. The molecule has 1 heterocycles. The summed E-state index contributed by atoms with van der Waals surface area (Å²) in [6, 6.07) is 8.08. The van der Waals surface area contributed by atoms with Crippen LogP contribution in [0, 0.1) is 12.3 Å². The third kappa shape index (κ3) is 3.07. The number of nitrogens with one attached hydrogen (secondary N) is 2. The molecular weight excluding hydrogens is 244 g/mol. The van der Waals surface area contributed by atoms with E-state index in [2.05, 4.69) is 16.2 Å². The lowest BCUT2D eigenvalue weighted by atomic mass is 10.2. The molecule has 0 unspecified atom stereocenters. The van der Waals surface area contributed by atoms with Crippen LogP contribution in [0.1, 0.15) is 25.0 Å². The van der Waals surface area contributed by atoms with Gasteiger partial charge < -0.3 is 10.3 Å². The van der Waals surface area contributed by atoms with Crippen molar-refractivity contribution in [2.75, 3.05) is 6.54 Å². The number of para-hydroxylation sites is 1. The number of aromatic amines is 1. The summed E-state index contributed by atoms with van der Waals surface area (Å²) in [7, 11) is 0. The molecular formula is C15H17ClN2. The highest BCUT2D eigenvalue weighted by Crippen LogP contribution is 2.26. The van der Waals surface area contributed by atoms with Crippen molar-refractivity contribution in [1.82, 2.24) is 10.3 Å². The molecule has 0 aliphatic rings. The van der Waals surface area contributed by atoms with Crippen LogP contribution in [-0.2, 0) is 6.54 Å². The monoisotopic (exact) mass is 260 g/mol. The number of benzene rings is 1. The Balaban J connectivity index is 1.88. The lowest BCUT2D eigenvalue weighted by Crippen LogP contribution is -2.15. The van der Waals surface area contributed by atoms with Gasteiger partial charge >= 0.3 is 0 Å². The Morgan fingerprint density at radius 1 is 1.28 bits per heavy atom. The Morgan fingerprint density at radius 2 is 2.11 bits per heavy atom. The highest BCUT2D eigenvalue weighted by Gasteiger charge is 2.07. The predicted octanol–water partition coefficient (Wildman–Crippen LogP) is 3.71. The fourth-order valence-electron chi connectivity index (χ4n) is 1.98. The van der Waals surface area contributed by atoms with Gasteiger partial charge in [0, 0.05) is 29.6 Å². The van der Waals surface area contributed by atoms with E-state index >= 15 is 0 Å². The number of hydrogen-bond donors (Lipinski definition) is 2. The minimum absolute atomic E-state index is 0.767. The molecule has 0 saturated carbocycles. The largest absolute Gasteiger partial charge is 0.356 e. The molecule has 94 valence electrons. The highest BCUT2D eigenvalue weighted by atomic mass is 35.5. The van der Waals surface area contributed by atoms with E-state index in [9.17, 15) is 0 Å². The second-order valence-corrected chi connectivity index (χ2v) is 4.68. The molecule has 2 aromatic rings. The molecule has 0 fully saturated rings. The lowest BCUT2D eigenvalue weighted by Gasteiger charge is -2.02. The van der Waals surface area contributed by atoms with Crippen LogP contribution in [0.4, 0.5) is 0 Å². The van der Waals surface area contributed by atoms with E-state index < -0.39 is 0 Å². The summed E-state index contributed by atoms with van der Waals surface area (Å²) in [6.45, 7) is 1.73. The van der Waals surface area contributed by atoms with Gasteiger partial charge in [-0.2, -0.15) is 0 Å². The molecule has 2 N–H and O–H groups in total. The maximum absolute atomic E-state index is 6.32. The summed E-state index contributed by atoms with van der Waals surface area (Å²) in [4.78, 5) is 3.34. The molecule has 0 aliphatic heterocycles. The Hall–Kier alpha value is -1.43. The van der Waals surface area contributed by atoms with Crippen molar-refractivity contribution in [3.63, 3.8) is 0 Å². The van der Waals surface area contributed by atoms with E-state index in [1.165, 1.54) is 0 Å². The van der Waals surface area contributed by atoms with Crippen molar-refractivity contribution in [2.45, 2.75) is 25.8 Å². The first kappa shape index (κ1) is 13.0. The van der Waals surface area contributed by atoms with Crippen molar-refractivity contribution >= 4 is 22.5 Å². The molecule has 0 atom stereocenters. The molecule has 0 radical (unpaired) electrons. The van der Waals surface area contributed by atoms with Crippen molar-refractivity contribution in [3.05, 3.63) is 35.0 Å². The Kier molecular flexibility index (Phi) is 4.69. The summed E-state index contributed by atoms with van der Waals surface area (Å²) < 4.78 is 0. The van der Waals surface area contributed by atoms with Crippen LogP contribution in [0.3, 0.4) is 0 Å². The molecule has 18 heavy (non-hydrogen) atoms. The fourth-order valence-corrected chi connectivity index (χ4v) is 2.25. The number of halogens is 1. The van der Waals surface area contributed by atoms with Crippen molar-refractivity contribution in [2.24, 2.45) is 0 Å². The summed E-state index contributed by atoms with van der Waals surface area (Å²) >= 11 is 6.32. The average molecular weight is 261 g/mol. The predicted molar refractivity (Wildman–Crippen MR) is 77.7 cm³/mol.